The normalized spacial score (nSPS) is 20.5. The zero-order valence-corrected chi connectivity index (χ0v) is 34.3. The molecule has 7 atom stereocenters. The minimum absolute atomic E-state index is 0.0533. The third-order valence-corrected chi connectivity index (χ3v) is 11.8. The van der Waals surface area contributed by atoms with E-state index in [9.17, 15) is 28.0 Å². The van der Waals surface area contributed by atoms with Gasteiger partial charge in [0.05, 0.1) is 35.4 Å². The molecule has 0 bridgehead atoms. The molecule has 0 spiro atoms. The van der Waals surface area contributed by atoms with Gasteiger partial charge in [-0.2, -0.15) is 0 Å². The number of carbonyl (C=O) groups is 4. The Balaban J connectivity index is 1.39. The number of nitrogens with zero attached hydrogens (tertiary/aromatic N) is 4. The van der Waals surface area contributed by atoms with Gasteiger partial charge in [0.1, 0.15) is 29.9 Å². The van der Waals surface area contributed by atoms with Crippen LogP contribution in [0.5, 0.6) is 0 Å². The molecule has 7 unspecified atom stereocenters. The zero-order valence-electron chi connectivity index (χ0n) is 34.3. The van der Waals surface area contributed by atoms with Crippen molar-refractivity contribution in [3.63, 3.8) is 0 Å². The Morgan fingerprint density at radius 2 is 1.57 bits per heavy atom. The SMILES string of the molecule is CCC(NC(=O)C(C)NC)C(=O)N1CC(F)CC1Cc1c(-c2nc3cc(F)ccc3n2CC2CCCN2C(=O)C(NC(=O)C(C)NC)C(C)C)[nH]c2cc(F)ccc12. The molecule has 4 aromatic rings. The second-order valence-corrected chi connectivity index (χ2v) is 16.1. The Hall–Kier alpha value is -4.96. The van der Waals surface area contributed by atoms with Gasteiger partial charge in [-0.3, -0.25) is 19.2 Å². The summed E-state index contributed by atoms with van der Waals surface area (Å²) in [5.74, 6) is -1.94. The van der Waals surface area contributed by atoms with E-state index in [1.54, 1.807) is 51.9 Å². The smallest absolute Gasteiger partial charge is 0.245 e. The molecule has 2 aromatic heterocycles. The van der Waals surface area contributed by atoms with Gasteiger partial charge < -0.3 is 40.6 Å². The molecule has 0 saturated carbocycles. The van der Waals surface area contributed by atoms with Crippen molar-refractivity contribution >= 4 is 45.6 Å². The summed E-state index contributed by atoms with van der Waals surface area (Å²) in [7, 11) is 3.32. The fourth-order valence-corrected chi connectivity index (χ4v) is 8.26. The molecule has 0 aliphatic carbocycles. The Bertz CT molecular complexity index is 2150. The molecule has 314 valence electrons. The predicted octanol–water partition coefficient (Wildman–Crippen LogP) is 4.19. The number of fused-ring (bicyclic) bond motifs is 2. The number of hydrogen-bond donors (Lipinski definition) is 5. The number of nitrogens with one attached hydrogen (secondary N) is 5. The van der Waals surface area contributed by atoms with E-state index in [0.29, 0.717) is 58.4 Å². The van der Waals surface area contributed by atoms with Crippen molar-refractivity contribution in [2.75, 3.05) is 27.2 Å². The van der Waals surface area contributed by atoms with Crippen LogP contribution in [0.25, 0.3) is 33.5 Å². The predicted molar refractivity (Wildman–Crippen MR) is 216 cm³/mol. The maximum Gasteiger partial charge on any atom is 0.245 e. The van der Waals surface area contributed by atoms with Gasteiger partial charge in [-0.1, -0.05) is 20.8 Å². The van der Waals surface area contributed by atoms with Crippen molar-refractivity contribution in [1.82, 2.24) is 45.6 Å². The molecule has 4 heterocycles. The second-order valence-electron chi connectivity index (χ2n) is 16.1. The number of imidazole rings is 1. The first-order chi connectivity index (χ1) is 27.6. The van der Waals surface area contributed by atoms with Gasteiger partial charge in [-0.25, -0.2) is 18.2 Å². The number of alkyl halides is 1. The van der Waals surface area contributed by atoms with Crippen molar-refractivity contribution in [3.8, 4) is 11.5 Å². The number of halogens is 3. The molecule has 5 N–H and O–H groups in total. The Morgan fingerprint density at radius 3 is 2.24 bits per heavy atom. The fraction of sp³-hybridized carbons (Fsp3) is 0.548. The van der Waals surface area contributed by atoms with Crippen molar-refractivity contribution in [2.45, 2.75) is 116 Å². The van der Waals surface area contributed by atoms with Crippen LogP contribution in [0.2, 0.25) is 0 Å². The second kappa shape index (κ2) is 17.9. The number of H-pyrrole nitrogens is 1. The molecular formula is C42H56F3N9O4. The van der Waals surface area contributed by atoms with Crippen LogP contribution >= 0.6 is 0 Å². The summed E-state index contributed by atoms with van der Waals surface area (Å²) in [5.41, 5.74) is 2.62. The number of aromatic amines is 1. The van der Waals surface area contributed by atoms with E-state index in [-0.39, 0.29) is 61.5 Å². The molecule has 2 aromatic carbocycles. The van der Waals surface area contributed by atoms with E-state index in [4.69, 9.17) is 4.98 Å². The van der Waals surface area contributed by atoms with Crippen molar-refractivity contribution < 1.29 is 32.3 Å². The van der Waals surface area contributed by atoms with Crippen LogP contribution in [0.1, 0.15) is 65.9 Å². The lowest BCUT2D eigenvalue weighted by Gasteiger charge is -2.32. The molecule has 4 amide bonds. The fourth-order valence-electron chi connectivity index (χ4n) is 8.26. The average molecular weight is 808 g/mol. The zero-order chi connectivity index (χ0) is 42.0. The third-order valence-electron chi connectivity index (χ3n) is 11.8. The van der Waals surface area contributed by atoms with Gasteiger partial charge in [-0.05, 0) is 95.4 Å². The summed E-state index contributed by atoms with van der Waals surface area (Å²) in [6.45, 7) is 9.60. The number of amides is 4. The number of rotatable bonds is 15. The summed E-state index contributed by atoms with van der Waals surface area (Å²) in [6.07, 6.45) is 0.637. The monoisotopic (exact) mass is 807 g/mol. The van der Waals surface area contributed by atoms with Gasteiger partial charge >= 0.3 is 0 Å². The summed E-state index contributed by atoms with van der Waals surface area (Å²) < 4.78 is 46.8. The number of carbonyl (C=O) groups excluding carboxylic acids is 4. The van der Waals surface area contributed by atoms with Crippen molar-refractivity contribution in [3.05, 3.63) is 53.6 Å². The number of likely N-dealkylation sites (tertiary alicyclic amines) is 2. The van der Waals surface area contributed by atoms with Gasteiger partial charge in [0.2, 0.25) is 23.6 Å². The number of aromatic nitrogens is 3. The van der Waals surface area contributed by atoms with Crippen LogP contribution in [-0.4, -0.2) is 118 Å². The van der Waals surface area contributed by atoms with E-state index < -0.39 is 48.0 Å². The van der Waals surface area contributed by atoms with Gasteiger partial charge in [0, 0.05) is 48.6 Å². The molecular weight excluding hydrogens is 752 g/mol. The van der Waals surface area contributed by atoms with Gasteiger partial charge in [-0.15, -0.1) is 0 Å². The molecule has 16 heteroatoms. The lowest BCUT2D eigenvalue weighted by molar-refractivity contribution is -0.139. The first kappa shape index (κ1) is 42.6. The van der Waals surface area contributed by atoms with E-state index in [2.05, 4.69) is 26.3 Å². The van der Waals surface area contributed by atoms with Crippen LogP contribution in [-0.2, 0) is 32.1 Å². The quantitative estimate of drug-likeness (QED) is 0.121. The highest BCUT2D eigenvalue weighted by Gasteiger charge is 2.40. The standard InChI is InChI=1S/C42H56F3N9O4/c1-8-32(50-39(55)23(4)46-6)41(57)53-20-27(45)16-29(53)19-31-30-13-11-25(43)17-33(30)48-37(31)38-49-34-18-26(44)12-14-35(34)54(38)21-28-10-9-15-52(28)42(58)36(22(2)3)51-40(56)24(5)47-7/h11-14,17-18,22-24,27-29,32,36,46-48H,8-10,15-16,19-21H2,1-7H3,(H,50,55)(H,51,56). The Labute approximate surface area is 336 Å². The minimum Gasteiger partial charge on any atom is -0.352 e. The highest BCUT2D eigenvalue weighted by atomic mass is 19.1. The van der Waals surface area contributed by atoms with E-state index in [1.807, 2.05) is 18.4 Å². The maximum atomic E-state index is 15.4. The average Bonchev–Trinajstić information content (AvgIpc) is 3.98. The minimum atomic E-state index is -1.30. The molecule has 0 radical (unpaired) electrons. The summed E-state index contributed by atoms with van der Waals surface area (Å²) in [5, 5.41) is 12.2. The highest BCUT2D eigenvalue weighted by molar-refractivity contribution is 5.93. The largest absolute Gasteiger partial charge is 0.352 e. The molecule has 2 aliphatic rings. The van der Waals surface area contributed by atoms with E-state index >= 15 is 4.39 Å². The van der Waals surface area contributed by atoms with Crippen LogP contribution in [0.4, 0.5) is 13.2 Å². The first-order valence-electron chi connectivity index (χ1n) is 20.3. The van der Waals surface area contributed by atoms with Crippen LogP contribution in [0.3, 0.4) is 0 Å². The van der Waals surface area contributed by atoms with Gasteiger partial charge in [0.15, 0.2) is 5.82 Å². The van der Waals surface area contributed by atoms with Gasteiger partial charge in [0.25, 0.3) is 0 Å². The summed E-state index contributed by atoms with van der Waals surface area (Å²) in [4.78, 5) is 65.5. The van der Waals surface area contributed by atoms with E-state index in [1.165, 1.54) is 29.2 Å². The lowest BCUT2D eigenvalue weighted by atomic mass is 9.99. The summed E-state index contributed by atoms with van der Waals surface area (Å²) >= 11 is 0. The first-order valence-corrected chi connectivity index (χ1v) is 20.3. The van der Waals surface area contributed by atoms with Crippen LogP contribution in [0.15, 0.2) is 36.4 Å². The molecule has 2 fully saturated rings. The molecule has 58 heavy (non-hydrogen) atoms. The van der Waals surface area contributed by atoms with E-state index in [0.717, 1.165) is 6.42 Å². The third kappa shape index (κ3) is 8.72. The van der Waals surface area contributed by atoms with Crippen molar-refractivity contribution in [2.24, 2.45) is 5.92 Å². The lowest BCUT2D eigenvalue weighted by Crippen LogP contribution is -2.55. The molecule has 2 saturated heterocycles. The Kier molecular flexibility index (Phi) is 13.2. The topological polar surface area (TPSA) is 156 Å². The highest BCUT2D eigenvalue weighted by Crippen LogP contribution is 2.37. The molecule has 13 nitrogen and oxygen atoms in total. The summed E-state index contributed by atoms with van der Waals surface area (Å²) in [6, 6.07) is 5.11. The number of benzene rings is 2. The maximum absolute atomic E-state index is 15.4. The van der Waals surface area contributed by atoms with Crippen LogP contribution < -0.4 is 21.3 Å². The molecule has 2 aliphatic heterocycles. The molecule has 6 rings (SSSR count). The number of likely N-dealkylation sites (N-methyl/N-ethyl adjacent to an activating group) is 2. The number of hydrogen-bond acceptors (Lipinski definition) is 7. The van der Waals surface area contributed by atoms with Crippen molar-refractivity contribution in [1.29, 1.82) is 0 Å². The Morgan fingerprint density at radius 1 is 0.897 bits per heavy atom. The van der Waals surface area contributed by atoms with Crippen LogP contribution in [0, 0.1) is 17.6 Å².